The van der Waals surface area contributed by atoms with Gasteiger partial charge < -0.3 is 15.5 Å². The number of allylic oxidation sites excluding steroid dienone is 2. The summed E-state index contributed by atoms with van der Waals surface area (Å²) < 4.78 is 0. The molecule has 0 bridgehead atoms. The summed E-state index contributed by atoms with van der Waals surface area (Å²) in [6, 6.07) is 0. The van der Waals surface area contributed by atoms with E-state index in [0.29, 0.717) is 5.82 Å². The van der Waals surface area contributed by atoms with E-state index in [4.69, 9.17) is 11.6 Å². The summed E-state index contributed by atoms with van der Waals surface area (Å²) in [5, 5.41) is 7.74. The minimum atomic E-state index is -1.49. The van der Waals surface area contributed by atoms with Crippen LogP contribution in [0.1, 0.15) is 37.7 Å². The first-order chi connectivity index (χ1) is 13.4. The lowest BCUT2D eigenvalue weighted by molar-refractivity contribution is 0.126. The molecule has 5 nitrogen and oxygen atoms in total. The Morgan fingerprint density at radius 2 is 2.04 bits per heavy atom. The SMILES string of the molecule is C[Si](C)(C)C#Cc1cncnc1NC1=CN2C(=CNC23CCCCC3)C(Cl)=C1. The molecular weight excluding hydrogens is 386 g/mol. The van der Waals surface area contributed by atoms with Gasteiger partial charge in [0.25, 0.3) is 0 Å². The van der Waals surface area contributed by atoms with E-state index in [-0.39, 0.29) is 5.66 Å². The van der Waals surface area contributed by atoms with Crippen LogP contribution in [0.5, 0.6) is 0 Å². The van der Waals surface area contributed by atoms with Gasteiger partial charge in [0.2, 0.25) is 0 Å². The second kappa shape index (κ2) is 7.30. The van der Waals surface area contributed by atoms with Crippen molar-refractivity contribution >= 4 is 25.5 Å². The normalized spacial score (nSPS) is 20.3. The van der Waals surface area contributed by atoms with E-state index in [1.165, 1.54) is 19.3 Å². The van der Waals surface area contributed by atoms with E-state index in [1.807, 2.05) is 12.3 Å². The Morgan fingerprint density at radius 1 is 1.25 bits per heavy atom. The molecule has 1 aromatic heterocycles. The fraction of sp³-hybridized carbons (Fsp3) is 0.429. The van der Waals surface area contributed by atoms with E-state index in [0.717, 1.165) is 34.8 Å². The van der Waals surface area contributed by atoms with E-state index in [1.54, 1.807) is 12.5 Å². The molecule has 1 aliphatic carbocycles. The lowest BCUT2D eigenvalue weighted by atomic mass is 9.88. The molecule has 7 heteroatoms. The zero-order valence-electron chi connectivity index (χ0n) is 16.6. The third kappa shape index (κ3) is 3.82. The van der Waals surface area contributed by atoms with Crippen molar-refractivity contribution in [1.29, 1.82) is 0 Å². The Bertz CT molecular complexity index is 926. The number of halogens is 1. The van der Waals surface area contributed by atoms with Crippen LogP contribution in [-0.4, -0.2) is 28.6 Å². The fourth-order valence-corrected chi connectivity index (χ4v) is 4.61. The van der Waals surface area contributed by atoms with Crippen LogP contribution < -0.4 is 10.6 Å². The Kier molecular flexibility index (Phi) is 4.98. The van der Waals surface area contributed by atoms with E-state index >= 15 is 0 Å². The Labute approximate surface area is 173 Å². The van der Waals surface area contributed by atoms with Gasteiger partial charge in [-0.2, -0.15) is 0 Å². The molecule has 3 heterocycles. The van der Waals surface area contributed by atoms with Crippen molar-refractivity contribution in [1.82, 2.24) is 20.2 Å². The van der Waals surface area contributed by atoms with Gasteiger partial charge in [-0.05, 0) is 31.8 Å². The number of anilines is 1. The highest BCUT2D eigenvalue weighted by Crippen LogP contribution is 2.42. The van der Waals surface area contributed by atoms with E-state index < -0.39 is 8.07 Å². The van der Waals surface area contributed by atoms with Crippen molar-refractivity contribution in [3.8, 4) is 11.5 Å². The second-order valence-corrected chi connectivity index (χ2v) is 13.8. The highest BCUT2D eigenvalue weighted by Gasteiger charge is 2.43. The zero-order chi connectivity index (χ0) is 19.8. The molecule has 1 aromatic rings. The molecule has 0 atom stereocenters. The first kappa shape index (κ1) is 19.1. The third-order valence-electron chi connectivity index (χ3n) is 5.22. The molecular formula is C21H26ClN5Si. The molecule has 0 radical (unpaired) electrons. The largest absolute Gasteiger partial charge is 0.367 e. The molecule has 2 aliphatic heterocycles. The third-order valence-corrected chi connectivity index (χ3v) is 6.40. The number of hydrogen-bond donors (Lipinski definition) is 2. The summed E-state index contributed by atoms with van der Waals surface area (Å²) in [6.45, 7) is 6.67. The second-order valence-electron chi connectivity index (χ2n) is 8.62. The maximum atomic E-state index is 6.62. The summed E-state index contributed by atoms with van der Waals surface area (Å²) in [5.74, 6) is 3.98. The molecule has 0 amide bonds. The van der Waals surface area contributed by atoms with Gasteiger partial charge in [-0.3, -0.25) is 0 Å². The molecule has 146 valence electrons. The van der Waals surface area contributed by atoms with Gasteiger partial charge in [-0.25, -0.2) is 9.97 Å². The van der Waals surface area contributed by atoms with Crippen LogP contribution in [-0.2, 0) is 0 Å². The number of nitrogens with one attached hydrogen (secondary N) is 2. The average Bonchev–Trinajstić information content (AvgIpc) is 2.99. The lowest BCUT2D eigenvalue weighted by Crippen LogP contribution is -2.51. The van der Waals surface area contributed by atoms with Gasteiger partial charge in [0.15, 0.2) is 0 Å². The number of hydrogen-bond acceptors (Lipinski definition) is 5. The molecule has 1 saturated carbocycles. The summed E-state index contributed by atoms with van der Waals surface area (Å²) in [5.41, 5.74) is 6.09. The Balaban J connectivity index is 1.63. The van der Waals surface area contributed by atoms with Crippen LogP contribution in [0.15, 0.2) is 47.4 Å². The van der Waals surface area contributed by atoms with Gasteiger partial charge in [0.1, 0.15) is 25.9 Å². The molecule has 1 fully saturated rings. The van der Waals surface area contributed by atoms with Gasteiger partial charge in [-0.1, -0.05) is 43.6 Å². The summed E-state index contributed by atoms with van der Waals surface area (Å²) in [6.07, 6.45) is 15.4. The maximum absolute atomic E-state index is 6.62. The Hall–Kier alpha value is -2.23. The average molecular weight is 412 g/mol. The van der Waals surface area contributed by atoms with Crippen LogP contribution in [0.4, 0.5) is 5.82 Å². The van der Waals surface area contributed by atoms with Gasteiger partial charge in [0, 0.05) is 18.6 Å². The monoisotopic (exact) mass is 411 g/mol. The number of aromatic nitrogens is 2. The predicted octanol–water partition coefficient (Wildman–Crippen LogP) is 4.50. The van der Waals surface area contributed by atoms with Crippen molar-refractivity contribution in [2.24, 2.45) is 0 Å². The quantitative estimate of drug-likeness (QED) is 0.554. The van der Waals surface area contributed by atoms with Crippen LogP contribution in [0.25, 0.3) is 0 Å². The van der Waals surface area contributed by atoms with Gasteiger partial charge in [0.05, 0.1) is 22.0 Å². The van der Waals surface area contributed by atoms with Crippen LogP contribution in [0, 0.1) is 11.5 Å². The van der Waals surface area contributed by atoms with Crippen LogP contribution in [0.2, 0.25) is 19.6 Å². The number of fused-ring (bicyclic) bond motifs is 2. The molecule has 2 N–H and O–H groups in total. The minimum Gasteiger partial charge on any atom is -0.367 e. The van der Waals surface area contributed by atoms with Crippen molar-refractivity contribution in [3.05, 3.63) is 53.0 Å². The smallest absolute Gasteiger partial charge is 0.149 e. The first-order valence-electron chi connectivity index (χ1n) is 9.83. The summed E-state index contributed by atoms with van der Waals surface area (Å²) >= 11 is 6.62. The van der Waals surface area contributed by atoms with E-state index in [9.17, 15) is 0 Å². The highest BCUT2D eigenvalue weighted by atomic mass is 35.5. The molecule has 1 spiro atoms. The van der Waals surface area contributed by atoms with Crippen molar-refractivity contribution < 1.29 is 0 Å². The predicted molar refractivity (Wildman–Crippen MR) is 117 cm³/mol. The maximum Gasteiger partial charge on any atom is 0.149 e. The molecule has 3 aliphatic rings. The van der Waals surface area contributed by atoms with Crippen molar-refractivity contribution in [2.75, 3.05) is 5.32 Å². The highest BCUT2D eigenvalue weighted by molar-refractivity contribution is 6.83. The Morgan fingerprint density at radius 3 is 2.79 bits per heavy atom. The zero-order valence-corrected chi connectivity index (χ0v) is 18.4. The number of rotatable bonds is 2. The lowest BCUT2D eigenvalue weighted by Gasteiger charge is -2.43. The molecule has 0 unspecified atom stereocenters. The minimum absolute atomic E-state index is 0.0545. The molecule has 4 rings (SSSR count). The fourth-order valence-electron chi connectivity index (χ4n) is 3.84. The number of nitrogens with zero attached hydrogens (tertiary/aromatic N) is 3. The summed E-state index contributed by atoms with van der Waals surface area (Å²) in [7, 11) is -1.49. The van der Waals surface area contributed by atoms with Crippen LogP contribution in [0.3, 0.4) is 0 Å². The van der Waals surface area contributed by atoms with Crippen LogP contribution >= 0.6 is 11.6 Å². The van der Waals surface area contributed by atoms with Crippen molar-refractivity contribution in [2.45, 2.75) is 57.4 Å². The van der Waals surface area contributed by atoms with E-state index in [2.05, 4.69) is 62.8 Å². The van der Waals surface area contributed by atoms with Gasteiger partial charge in [-0.15, -0.1) is 5.54 Å². The topological polar surface area (TPSA) is 53.1 Å². The summed E-state index contributed by atoms with van der Waals surface area (Å²) in [4.78, 5) is 10.9. The molecule has 0 saturated heterocycles. The molecule has 0 aromatic carbocycles. The van der Waals surface area contributed by atoms with Crippen molar-refractivity contribution in [3.63, 3.8) is 0 Å². The standard InChI is InChI=1S/C21H26ClN5Si/c1-28(2,3)10-7-16-12-23-15-24-20(16)26-17-11-18(22)19-13-25-21(27(19)14-17)8-5-4-6-9-21/h11-15,25H,4-6,8-9H2,1-3H3,(H,23,24,26). The molecule has 28 heavy (non-hydrogen) atoms. The first-order valence-corrected chi connectivity index (χ1v) is 13.7. The van der Waals surface area contributed by atoms with Gasteiger partial charge >= 0.3 is 0 Å².